The number of benzene rings is 9. The summed E-state index contributed by atoms with van der Waals surface area (Å²) >= 11 is 0. The smallest absolute Gasteiger partial charge is 0.136 e. The van der Waals surface area contributed by atoms with Crippen molar-refractivity contribution in [2.45, 2.75) is 0 Å². The number of hydrogen-bond acceptors (Lipinski definition) is 3. The number of fused-ring (bicyclic) bond motifs is 6. The molecule has 0 spiro atoms. The number of para-hydroxylation sites is 2. The first-order valence-electron chi connectivity index (χ1n) is 19.3. The van der Waals surface area contributed by atoms with Crippen LogP contribution < -0.4 is 4.90 Å². The molecule has 0 bridgehead atoms. The quantitative estimate of drug-likeness (QED) is 0.164. The Bertz CT molecular complexity index is 3200. The summed E-state index contributed by atoms with van der Waals surface area (Å²) in [5.41, 5.74) is 16.1. The molecule has 57 heavy (non-hydrogen) atoms. The van der Waals surface area contributed by atoms with Crippen molar-refractivity contribution in [2.75, 3.05) is 4.90 Å². The normalized spacial score (nSPS) is 11.5. The molecule has 3 nitrogen and oxygen atoms in total. The molecule has 0 atom stereocenters. The Morgan fingerprint density at radius 1 is 0.246 bits per heavy atom. The Balaban J connectivity index is 1.00. The summed E-state index contributed by atoms with van der Waals surface area (Å²) in [5, 5.41) is 4.51. The third-order valence-corrected chi connectivity index (χ3v) is 11.1. The third kappa shape index (κ3) is 5.85. The second-order valence-corrected chi connectivity index (χ2v) is 14.5. The Labute approximate surface area is 330 Å². The van der Waals surface area contributed by atoms with Crippen LogP contribution in [0.25, 0.3) is 88.4 Å². The summed E-state index contributed by atoms with van der Waals surface area (Å²) in [4.78, 5) is 2.33. The van der Waals surface area contributed by atoms with Gasteiger partial charge in [0, 0.05) is 38.6 Å². The second kappa shape index (κ2) is 13.6. The van der Waals surface area contributed by atoms with Crippen molar-refractivity contribution in [3.8, 4) is 44.5 Å². The first kappa shape index (κ1) is 32.8. The van der Waals surface area contributed by atoms with Crippen LogP contribution in [0.2, 0.25) is 0 Å². The summed E-state index contributed by atoms with van der Waals surface area (Å²) < 4.78 is 12.5. The van der Waals surface area contributed by atoms with Crippen LogP contribution in [0.4, 0.5) is 17.1 Å². The van der Waals surface area contributed by atoms with E-state index in [0.29, 0.717) is 0 Å². The van der Waals surface area contributed by atoms with Gasteiger partial charge in [-0.2, -0.15) is 0 Å². The average molecular weight is 730 g/mol. The molecule has 11 aromatic rings. The van der Waals surface area contributed by atoms with E-state index in [0.717, 1.165) is 83.2 Å². The lowest BCUT2D eigenvalue weighted by molar-refractivity contribution is 0.668. The first-order valence-corrected chi connectivity index (χ1v) is 19.3. The maximum absolute atomic E-state index is 6.39. The van der Waals surface area contributed by atoms with Crippen molar-refractivity contribution in [2.24, 2.45) is 0 Å². The fraction of sp³-hybridized carbons (Fsp3) is 0. The molecule has 2 heterocycles. The number of nitrogens with zero attached hydrogens (tertiary/aromatic N) is 1. The van der Waals surface area contributed by atoms with Gasteiger partial charge in [-0.15, -0.1) is 0 Å². The monoisotopic (exact) mass is 729 g/mol. The van der Waals surface area contributed by atoms with Crippen LogP contribution in [-0.4, -0.2) is 0 Å². The van der Waals surface area contributed by atoms with E-state index in [1.165, 1.54) is 22.3 Å². The molecule has 11 rings (SSSR count). The van der Waals surface area contributed by atoms with Crippen molar-refractivity contribution < 1.29 is 8.83 Å². The minimum absolute atomic E-state index is 0.885. The zero-order valence-corrected chi connectivity index (χ0v) is 31.0. The van der Waals surface area contributed by atoms with Crippen LogP contribution in [0.1, 0.15) is 0 Å². The van der Waals surface area contributed by atoms with Gasteiger partial charge < -0.3 is 13.7 Å². The highest BCUT2D eigenvalue weighted by molar-refractivity contribution is 6.09. The highest BCUT2D eigenvalue weighted by Gasteiger charge is 2.18. The number of hydrogen-bond donors (Lipinski definition) is 0. The van der Waals surface area contributed by atoms with Crippen molar-refractivity contribution in [1.29, 1.82) is 0 Å². The van der Waals surface area contributed by atoms with E-state index >= 15 is 0 Å². The number of anilines is 3. The standard InChI is InChI=1S/C54H35NO2/c1-3-11-36(12-4-1)37-19-26-42(27-20-37)55(43-28-21-38(22-29-43)41-25-32-53-49(33-41)45-15-7-9-17-51(45)56-53)44-30-23-40(24-31-44)48-35-54-50(46-16-8-10-18-52(46)57-54)34-47(48)39-13-5-2-6-14-39/h1-35H. The van der Waals surface area contributed by atoms with E-state index < -0.39 is 0 Å². The molecule has 0 aliphatic carbocycles. The molecule has 0 aliphatic rings. The van der Waals surface area contributed by atoms with Gasteiger partial charge in [-0.1, -0.05) is 140 Å². The van der Waals surface area contributed by atoms with Gasteiger partial charge in [-0.05, 0) is 117 Å². The Morgan fingerprint density at radius 2 is 0.632 bits per heavy atom. The molecular formula is C54H35NO2. The maximum atomic E-state index is 6.39. The van der Waals surface area contributed by atoms with Crippen LogP contribution in [-0.2, 0) is 0 Å². The van der Waals surface area contributed by atoms with Gasteiger partial charge in [-0.25, -0.2) is 0 Å². The SMILES string of the molecule is c1ccc(-c2ccc(N(c3ccc(-c4ccc5oc6ccccc6c5c4)cc3)c3ccc(-c4cc5oc6ccccc6c5cc4-c4ccccc4)cc3)cc2)cc1. The fourth-order valence-electron chi connectivity index (χ4n) is 8.25. The van der Waals surface area contributed by atoms with Crippen LogP contribution in [0.3, 0.4) is 0 Å². The van der Waals surface area contributed by atoms with E-state index in [9.17, 15) is 0 Å². The van der Waals surface area contributed by atoms with Gasteiger partial charge in [0.25, 0.3) is 0 Å². The van der Waals surface area contributed by atoms with Gasteiger partial charge >= 0.3 is 0 Å². The van der Waals surface area contributed by atoms with E-state index in [1.54, 1.807) is 0 Å². The summed E-state index contributed by atoms with van der Waals surface area (Å²) in [6, 6.07) is 75.2. The molecule has 268 valence electrons. The highest BCUT2D eigenvalue weighted by Crippen LogP contribution is 2.42. The van der Waals surface area contributed by atoms with Gasteiger partial charge in [-0.3, -0.25) is 0 Å². The summed E-state index contributed by atoms with van der Waals surface area (Å²) in [5.74, 6) is 0. The van der Waals surface area contributed by atoms with Gasteiger partial charge in [0.05, 0.1) is 0 Å². The predicted octanol–water partition coefficient (Wildman–Crippen LogP) is 15.6. The minimum atomic E-state index is 0.885. The Morgan fingerprint density at radius 3 is 1.23 bits per heavy atom. The van der Waals surface area contributed by atoms with Crippen molar-refractivity contribution >= 4 is 60.9 Å². The van der Waals surface area contributed by atoms with Crippen LogP contribution in [0, 0.1) is 0 Å². The van der Waals surface area contributed by atoms with Crippen LogP contribution in [0.5, 0.6) is 0 Å². The molecule has 0 fully saturated rings. The molecule has 0 aliphatic heterocycles. The third-order valence-electron chi connectivity index (χ3n) is 11.1. The lowest BCUT2D eigenvalue weighted by Crippen LogP contribution is -2.09. The lowest BCUT2D eigenvalue weighted by Gasteiger charge is -2.26. The highest BCUT2D eigenvalue weighted by atomic mass is 16.3. The molecule has 0 saturated carbocycles. The van der Waals surface area contributed by atoms with E-state index in [4.69, 9.17) is 8.83 Å². The molecule has 3 heteroatoms. The van der Waals surface area contributed by atoms with Crippen molar-refractivity contribution in [3.05, 3.63) is 212 Å². The average Bonchev–Trinajstić information content (AvgIpc) is 3.85. The van der Waals surface area contributed by atoms with E-state index in [2.05, 4.69) is 193 Å². The fourth-order valence-corrected chi connectivity index (χ4v) is 8.25. The molecule has 0 unspecified atom stereocenters. The van der Waals surface area contributed by atoms with Crippen LogP contribution in [0.15, 0.2) is 221 Å². The predicted molar refractivity (Wildman–Crippen MR) is 237 cm³/mol. The zero-order chi connectivity index (χ0) is 37.7. The van der Waals surface area contributed by atoms with E-state index in [1.807, 2.05) is 24.3 Å². The molecule has 0 N–H and O–H groups in total. The van der Waals surface area contributed by atoms with Gasteiger partial charge in [0.15, 0.2) is 0 Å². The molecular weight excluding hydrogens is 695 g/mol. The first-order chi connectivity index (χ1) is 28.2. The molecule has 0 amide bonds. The topological polar surface area (TPSA) is 29.5 Å². The molecule has 2 aromatic heterocycles. The lowest BCUT2D eigenvalue weighted by atomic mass is 9.92. The van der Waals surface area contributed by atoms with Gasteiger partial charge in [0.2, 0.25) is 0 Å². The van der Waals surface area contributed by atoms with Crippen molar-refractivity contribution in [1.82, 2.24) is 0 Å². The molecule has 0 saturated heterocycles. The van der Waals surface area contributed by atoms with Crippen molar-refractivity contribution in [3.63, 3.8) is 0 Å². The zero-order valence-electron chi connectivity index (χ0n) is 31.0. The minimum Gasteiger partial charge on any atom is -0.456 e. The van der Waals surface area contributed by atoms with E-state index in [-0.39, 0.29) is 0 Å². The summed E-state index contributed by atoms with van der Waals surface area (Å²) in [7, 11) is 0. The summed E-state index contributed by atoms with van der Waals surface area (Å²) in [6.45, 7) is 0. The maximum Gasteiger partial charge on any atom is 0.136 e. The second-order valence-electron chi connectivity index (χ2n) is 14.5. The van der Waals surface area contributed by atoms with Crippen LogP contribution >= 0.6 is 0 Å². The molecule has 0 radical (unpaired) electrons. The largest absolute Gasteiger partial charge is 0.456 e. The Hall–Kier alpha value is -7.62. The number of rotatable bonds is 7. The Kier molecular flexibility index (Phi) is 7.82. The summed E-state index contributed by atoms with van der Waals surface area (Å²) in [6.07, 6.45) is 0. The molecule has 9 aromatic carbocycles. The number of furan rings is 2. The van der Waals surface area contributed by atoms with Gasteiger partial charge in [0.1, 0.15) is 22.3 Å².